The first-order chi connectivity index (χ1) is 10.0. The molecule has 1 saturated heterocycles. The van der Waals surface area contributed by atoms with E-state index in [0.29, 0.717) is 18.7 Å². The van der Waals surface area contributed by atoms with Crippen LogP contribution in [0.25, 0.3) is 0 Å². The summed E-state index contributed by atoms with van der Waals surface area (Å²) in [6, 6.07) is 7.39. The molecule has 7 nitrogen and oxygen atoms in total. The molecule has 2 heterocycles. The summed E-state index contributed by atoms with van der Waals surface area (Å²) in [5.74, 6) is -1.13. The molecule has 0 unspecified atom stereocenters. The maximum absolute atomic E-state index is 12.3. The number of hydrogen-bond donors (Lipinski definition) is 1. The summed E-state index contributed by atoms with van der Waals surface area (Å²) in [7, 11) is 0. The number of hydrogen-bond acceptors (Lipinski definition) is 4. The van der Waals surface area contributed by atoms with Gasteiger partial charge in [-0.25, -0.2) is 9.48 Å². The van der Waals surface area contributed by atoms with Crippen molar-refractivity contribution in [1.29, 1.82) is 0 Å². The molecule has 0 spiro atoms. The summed E-state index contributed by atoms with van der Waals surface area (Å²) >= 11 is 2.17. The molecule has 1 aliphatic rings. The summed E-state index contributed by atoms with van der Waals surface area (Å²) in [6.07, 6.45) is 1.39. The molecule has 0 radical (unpaired) electrons. The SMILES string of the molecule is O=C(O)c1cn(C2CN(C(=O)c3cccc(I)c3)C2)nn1. The van der Waals surface area contributed by atoms with Gasteiger partial charge in [0.05, 0.1) is 12.2 Å². The van der Waals surface area contributed by atoms with Crippen LogP contribution in [-0.4, -0.2) is 50.0 Å². The molecule has 8 heteroatoms. The van der Waals surface area contributed by atoms with Crippen LogP contribution in [0, 0.1) is 3.57 Å². The van der Waals surface area contributed by atoms with E-state index in [4.69, 9.17) is 5.11 Å². The van der Waals surface area contributed by atoms with Gasteiger partial charge in [-0.2, -0.15) is 0 Å². The smallest absolute Gasteiger partial charge is 0.358 e. The Morgan fingerprint density at radius 2 is 2.10 bits per heavy atom. The van der Waals surface area contributed by atoms with Gasteiger partial charge in [0.15, 0.2) is 5.69 Å². The first-order valence-corrected chi connectivity index (χ1v) is 7.32. The summed E-state index contributed by atoms with van der Waals surface area (Å²) in [6.45, 7) is 1.01. The largest absolute Gasteiger partial charge is 0.476 e. The fraction of sp³-hybridized carbons (Fsp3) is 0.231. The molecule has 108 valence electrons. The highest BCUT2D eigenvalue weighted by Gasteiger charge is 2.33. The predicted octanol–water partition coefficient (Wildman–Crippen LogP) is 1.28. The molecule has 1 N–H and O–H groups in total. The van der Waals surface area contributed by atoms with E-state index >= 15 is 0 Å². The highest BCUT2D eigenvalue weighted by molar-refractivity contribution is 14.1. The van der Waals surface area contributed by atoms with E-state index in [-0.39, 0.29) is 17.6 Å². The Hall–Kier alpha value is -1.97. The van der Waals surface area contributed by atoms with Crippen molar-refractivity contribution in [3.8, 4) is 0 Å². The minimum Gasteiger partial charge on any atom is -0.476 e. The summed E-state index contributed by atoms with van der Waals surface area (Å²) in [5.41, 5.74) is 0.572. The van der Waals surface area contributed by atoms with E-state index in [9.17, 15) is 9.59 Å². The predicted molar refractivity (Wildman–Crippen MR) is 81.1 cm³/mol. The second-order valence-electron chi connectivity index (χ2n) is 4.76. The fourth-order valence-electron chi connectivity index (χ4n) is 2.15. The Balaban J connectivity index is 1.65. The van der Waals surface area contributed by atoms with Crippen LogP contribution in [0.4, 0.5) is 0 Å². The molecule has 1 amide bonds. The van der Waals surface area contributed by atoms with Crippen LogP contribution in [0.1, 0.15) is 26.9 Å². The number of benzene rings is 1. The molecule has 2 aromatic rings. The van der Waals surface area contributed by atoms with Gasteiger partial charge in [0.1, 0.15) is 0 Å². The van der Waals surface area contributed by atoms with E-state index in [1.165, 1.54) is 10.9 Å². The van der Waals surface area contributed by atoms with Gasteiger partial charge in [-0.3, -0.25) is 4.79 Å². The lowest BCUT2D eigenvalue weighted by atomic mass is 10.1. The second-order valence-corrected chi connectivity index (χ2v) is 6.01. The first kappa shape index (κ1) is 14.0. The number of carbonyl (C=O) groups excluding carboxylic acids is 1. The van der Waals surface area contributed by atoms with E-state index in [0.717, 1.165) is 3.57 Å². The molecular weight excluding hydrogens is 387 g/mol. The molecule has 1 aliphatic heterocycles. The zero-order valence-corrected chi connectivity index (χ0v) is 13.0. The normalized spacial score (nSPS) is 14.8. The number of aromatic carboxylic acids is 1. The van der Waals surface area contributed by atoms with Crippen molar-refractivity contribution in [2.75, 3.05) is 13.1 Å². The topological polar surface area (TPSA) is 88.3 Å². The Morgan fingerprint density at radius 1 is 1.33 bits per heavy atom. The number of carboxylic acids is 1. The molecule has 1 fully saturated rings. The van der Waals surface area contributed by atoms with Crippen LogP contribution in [0.5, 0.6) is 0 Å². The number of aromatic nitrogens is 3. The van der Waals surface area contributed by atoms with Crippen molar-refractivity contribution in [3.05, 3.63) is 45.3 Å². The zero-order chi connectivity index (χ0) is 15.0. The fourth-order valence-corrected chi connectivity index (χ4v) is 2.69. The number of halogens is 1. The lowest BCUT2D eigenvalue weighted by molar-refractivity contribution is 0.0497. The molecule has 1 aromatic carbocycles. The Bertz CT molecular complexity index is 709. The van der Waals surface area contributed by atoms with Crippen molar-refractivity contribution >= 4 is 34.5 Å². The minimum absolute atomic E-state index is 0.0164. The monoisotopic (exact) mass is 398 g/mol. The molecular formula is C13H11IN4O3. The summed E-state index contributed by atoms with van der Waals surface area (Å²) in [5, 5.41) is 16.2. The van der Waals surface area contributed by atoms with Gasteiger partial charge in [0.25, 0.3) is 5.91 Å². The van der Waals surface area contributed by atoms with Crippen molar-refractivity contribution in [2.24, 2.45) is 0 Å². The van der Waals surface area contributed by atoms with Gasteiger partial charge < -0.3 is 10.0 Å². The standard InChI is InChI=1S/C13H11IN4O3/c14-9-3-1-2-8(4-9)12(19)17-5-10(6-17)18-7-11(13(20)21)15-16-18/h1-4,7,10H,5-6H2,(H,20,21). The number of nitrogens with zero attached hydrogens (tertiary/aromatic N) is 4. The number of carbonyl (C=O) groups is 2. The third kappa shape index (κ3) is 2.75. The maximum atomic E-state index is 12.3. The van der Waals surface area contributed by atoms with Gasteiger partial charge >= 0.3 is 5.97 Å². The van der Waals surface area contributed by atoms with E-state index < -0.39 is 5.97 Å². The first-order valence-electron chi connectivity index (χ1n) is 6.24. The van der Waals surface area contributed by atoms with Gasteiger partial charge in [0.2, 0.25) is 0 Å². The number of carboxylic acid groups (broad SMARTS) is 1. The van der Waals surface area contributed by atoms with Gasteiger partial charge in [0, 0.05) is 22.2 Å². The van der Waals surface area contributed by atoms with Crippen LogP contribution in [0.2, 0.25) is 0 Å². The van der Waals surface area contributed by atoms with Crippen LogP contribution in [0.15, 0.2) is 30.5 Å². The van der Waals surface area contributed by atoms with Crippen LogP contribution in [-0.2, 0) is 0 Å². The minimum atomic E-state index is -1.10. The Morgan fingerprint density at radius 3 is 2.71 bits per heavy atom. The zero-order valence-electron chi connectivity index (χ0n) is 10.8. The number of rotatable bonds is 3. The van der Waals surface area contributed by atoms with Crippen LogP contribution >= 0.6 is 22.6 Å². The van der Waals surface area contributed by atoms with Gasteiger partial charge in [-0.05, 0) is 40.8 Å². The van der Waals surface area contributed by atoms with Crippen molar-refractivity contribution in [2.45, 2.75) is 6.04 Å². The quantitative estimate of drug-likeness (QED) is 0.788. The van der Waals surface area contributed by atoms with Gasteiger partial charge in [-0.15, -0.1) is 5.10 Å². The molecule has 0 bridgehead atoms. The summed E-state index contributed by atoms with van der Waals surface area (Å²) in [4.78, 5) is 24.7. The van der Waals surface area contributed by atoms with Crippen LogP contribution < -0.4 is 0 Å². The number of likely N-dealkylation sites (tertiary alicyclic amines) is 1. The van der Waals surface area contributed by atoms with Gasteiger partial charge in [-0.1, -0.05) is 11.3 Å². The third-order valence-corrected chi connectivity index (χ3v) is 4.00. The highest BCUT2D eigenvalue weighted by Crippen LogP contribution is 2.23. The molecule has 21 heavy (non-hydrogen) atoms. The number of amides is 1. The molecule has 0 atom stereocenters. The lowest BCUT2D eigenvalue weighted by Gasteiger charge is -2.38. The van der Waals surface area contributed by atoms with Crippen molar-refractivity contribution in [3.63, 3.8) is 0 Å². The Labute approximate surface area is 133 Å². The third-order valence-electron chi connectivity index (χ3n) is 3.32. The maximum Gasteiger partial charge on any atom is 0.358 e. The molecule has 0 aliphatic carbocycles. The average Bonchev–Trinajstić information content (AvgIpc) is 2.86. The molecule has 0 saturated carbocycles. The van der Waals surface area contributed by atoms with Crippen molar-refractivity contribution in [1.82, 2.24) is 19.9 Å². The highest BCUT2D eigenvalue weighted by atomic mass is 127. The van der Waals surface area contributed by atoms with Crippen molar-refractivity contribution < 1.29 is 14.7 Å². The van der Waals surface area contributed by atoms with E-state index in [1.807, 2.05) is 18.2 Å². The van der Waals surface area contributed by atoms with E-state index in [1.54, 1.807) is 11.0 Å². The summed E-state index contributed by atoms with van der Waals surface area (Å²) < 4.78 is 2.51. The van der Waals surface area contributed by atoms with E-state index in [2.05, 4.69) is 32.9 Å². The second kappa shape index (κ2) is 5.43. The molecule has 1 aromatic heterocycles. The Kier molecular flexibility index (Phi) is 3.62. The average molecular weight is 398 g/mol. The van der Waals surface area contributed by atoms with Crippen LogP contribution in [0.3, 0.4) is 0 Å². The molecule has 3 rings (SSSR count). The lowest BCUT2D eigenvalue weighted by Crippen LogP contribution is -2.50.